The summed E-state index contributed by atoms with van der Waals surface area (Å²) in [7, 11) is 0. The van der Waals surface area contributed by atoms with Crippen molar-refractivity contribution in [1.82, 2.24) is 4.90 Å². The van der Waals surface area contributed by atoms with Crippen LogP contribution in [0.15, 0.2) is 66.7 Å². The van der Waals surface area contributed by atoms with Gasteiger partial charge in [0.2, 0.25) is 0 Å². The topological polar surface area (TPSA) is 52.7 Å². The molecule has 164 valence electrons. The van der Waals surface area contributed by atoms with E-state index >= 15 is 0 Å². The molecule has 0 aliphatic carbocycles. The summed E-state index contributed by atoms with van der Waals surface area (Å²) in [6.45, 7) is 1.40. The minimum atomic E-state index is -0.957. The number of urea groups is 1. The molecule has 0 aromatic heterocycles. The molecule has 0 atom stereocenters. The molecule has 0 bridgehead atoms. The first-order valence-electron chi connectivity index (χ1n) is 10.1. The number of hydrogen-bond donors (Lipinski definition) is 1. The van der Waals surface area contributed by atoms with Crippen LogP contribution < -0.4 is 10.2 Å². The van der Waals surface area contributed by atoms with Crippen molar-refractivity contribution in [1.29, 1.82) is 0 Å². The number of nitrogens with one attached hydrogen (secondary N) is 1. The molecule has 3 aromatic carbocycles. The van der Waals surface area contributed by atoms with Gasteiger partial charge in [0.15, 0.2) is 0 Å². The fraction of sp³-hybridized carbons (Fsp3) is 0.167. The smallest absolute Gasteiger partial charge is 0.322 e. The number of rotatable bonds is 5. The minimum Gasteiger partial charge on any atom is -0.322 e. The summed E-state index contributed by atoms with van der Waals surface area (Å²) < 4.78 is 40.9. The summed E-state index contributed by atoms with van der Waals surface area (Å²) in [6.07, 6.45) is 0.726. The highest BCUT2D eigenvalue weighted by molar-refractivity contribution is 6.05. The number of halogens is 3. The SMILES string of the molecule is O=C(Nc1cccc(N2CCCN(Cc3ccc(F)cc3)C2=O)c1)c1c(F)cccc1F. The van der Waals surface area contributed by atoms with Crippen molar-refractivity contribution >= 4 is 23.3 Å². The second kappa shape index (κ2) is 9.13. The molecule has 0 unspecified atom stereocenters. The first kappa shape index (κ1) is 21.4. The van der Waals surface area contributed by atoms with E-state index in [-0.39, 0.29) is 11.8 Å². The number of carbonyl (C=O) groups excluding carboxylic acids is 2. The van der Waals surface area contributed by atoms with E-state index in [9.17, 15) is 22.8 Å². The van der Waals surface area contributed by atoms with Crippen LogP contribution in [0.25, 0.3) is 0 Å². The zero-order valence-electron chi connectivity index (χ0n) is 17.0. The van der Waals surface area contributed by atoms with Crippen molar-refractivity contribution in [3.05, 3.63) is 95.3 Å². The molecule has 1 fully saturated rings. The molecule has 1 heterocycles. The van der Waals surface area contributed by atoms with Gasteiger partial charge in [-0.2, -0.15) is 0 Å². The molecule has 1 aliphatic heterocycles. The van der Waals surface area contributed by atoms with Crippen LogP contribution in [0, 0.1) is 17.5 Å². The van der Waals surface area contributed by atoms with E-state index < -0.39 is 23.1 Å². The third kappa shape index (κ3) is 4.59. The monoisotopic (exact) mass is 439 g/mol. The van der Waals surface area contributed by atoms with Crippen LogP contribution in [-0.2, 0) is 6.54 Å². The summed E-state index contributed by atoms with van der Waals surface area (Å²) in [4.78, 5) is 28.7. The fourth-order valence-corrected chi connectivity index (χ4v) is 3.64. The number of hydrogen-bond acceptors (Lipinski definition) is 2. The van der Waals surface area contributed by atoms with Crippen LogP contribution in [0.5, 0.6) is 0 Å². The maximum atomic E-state index is 13.9. The first-order chi connectivity index (χ1) is 15.4. The van der Waals surface area contributed by atoms with Gasteiger partial charge in [0.05, 0.1) is 0 Å². The van der Waals surface area contributed by atoms with Crippen molar-refractivity contribution in [3.63, 3.8) is 0 Å². The predicted molar refractivity (Wildman–Crippen MR) is 115 cm³/mol. The average Bonchev–Trinajstić information content (AvgIpc) is 2.77. The summed E-state index contributed by atoms with van der Waals surface area (Å²) in [6, 6.07) is 15.5. The molecule has 32 heavy (non-hydrogen) atoms. The van der Waals surface area contributed by atoms with E-state index in [0.717, 1.165) is 24.1 Å². The van der Waals surface area contributed by atoms with E-state index in [4.69, 9.17) is 0 Å². The number of benzene rings is 3. The van der Waals surface area contributed by atoms with Gasteiger partial charge in [0.1, 0.15) is 23.0 Å². The van der Waals surface area contributed by atoms with Crippen molar-refractivity contribution in [2.45, 2.75) is 13.0 Å². The lowest BCUT2D eigenvalue weighted by Crippen LogP contribution is -2.49. The van der Waals surface area contributed by atoms with Crippen molar-refractivity contribution in [3.8, 4) is 0 Å². The average molecular weight is 439 g/mol. The highest BCUT2D eigenvalue weighted by Crippen LogP contribution is 2.25. The van der Waals surface area contributed by atoms with Crippen LogP contribution in [0.3, 0.4) is 0 Å². The van der Waals surface area contributed by atoms with Gasteiger partial charge < -0.3 is 10.2 Å². The molecular formula is C24H20F3N3O2. The predicted octanol–water partition coefficient (Wildman–Crippen LogP) is 5.19. The molecule has 1 saturated heterocycles. The Morgan fingerprint density at radius 1 is 0.906 bits per heavy atom. The fourth-order valence-electron chi connectivity index (χ4n) is 3.64. The zero-order valence-corrected chi connectivity index (χ0v) is 17.0. The van der Waals surface area contributed by atoms with Gasteiger partial charge in [0.25, 0.3) is 5.91 Å². The van der Waals surface area contributed by atoms with E-state index in [2.05, 4.69) is 5.32 Å². The van der Waals surface area contributed by atoms with E-state index in [1.165, 1.54) is 18.2 Å². The Kier molecular flexibility index (Phi) is 6.11. The molecule has 4 rings (SSSR count). The molecule has 1 aliphatic rings. The van der Waals surface area contributed by atoms with Gasteiger partial charge in [-0.15, -0.1) is 0 Å². The van der Waals surface area contributed by atoms with Crippen LogP contribution in [-0.4, -0.2) is 29.9 Å². The quantitative estimate of drug-likeness (QED) is 0.595. The van der Waals surface area contributed by atoms with Gasteiger partial charge in [-0.3, -0.25) is 9.69 Å². The normalized spacial score (nSPS) is 13.9. The van der Waals surface area contributed by atoms with Crippen molar-refractivity contribution < 1.29 is 22.8 Å². The highest BCUT2D eigenvalue weighted by atomic mass is 19.1. The molecule has 3 aromatic rings. The van der Waals surface area contributed by atoms with Gasteiger partial charge in [0, 0.05) is 31.0 Å². The van der Waals surface area contributed by atoms with Crippen LogP contribution in [0.1, 0.15) is 22.3 Å². The highest BCUT2D eigenvalue weighted by Gasteiger charge is 2.27. The lowest BCUT2D eigenvalue weighted by atomic mass is 10.1. The molecule has 0 spiro atoms. The van der Waals surface area contributed by atoms with Crippen LogP contribution in [0.2, 0.25) is 0 Å². The third-order valence-electron chi connectivity index (χ3n) is 5.20. The van der Waals surface area contributed by atoms with Gasteiger partial charge in [-0.1, -0.05) is 24.3 Å². The molecule has 5 nitrogen and oxygen atoms in total. The Bertz CT molecular complexity index is 1130. The van der Waals surface area contributed by atoms with Gasteiger partial charge in [-0.05, 0) is 54.4 Å². The summed E-state index contributed by atoms with van der Waals surface area (Å²) in [5.41, 5.74) is 0.996. The van der Waals surface area contributed by atoms with Crippen LogP contribution in [0.4, 0.5) is 29.3 Å². The molecular weight excluding hydrogens is 419 g/mol. The number of amides is 3. The third-order valence-corrected chi connectivity index (χ3v) is 5.20. The summed E-state index contributed by atoms with van der Waals surface area (Å²) in [5.74, 6) is -3.17. The number of carbonyl (C=O) groups is 2. The van der Waals surface area contributed by atoms with E-state index in [1.807, 2.05) is 0 Å². The number of anilines is 2. The standard InChI is InChI=1S/C24H20F3N3O2/c25-17-10-8-16(9-11-17)15-29-12-3-13-30(24(29)32)19-5-1-4-18(14-19)28-23(31)22-20(26)6-2-7-21(22)27/h1-2,4-11,14H,3,12-13,15H2,(H,28,31). The molecule has 1 N–H and O–H groups in total. The van der Waals surface area contributed by atoms with Gasteiger partial charge >= 0.3 is 6.03 Å². The Balaban J connectivity index is 1.50. The maximum Gasteiger partial charge on any atom is 0.324 e. The molecule has 8 heteroatoms. The first-order valence-corrected chi connectivity index (χ1v) is 10.1. The van der Waals surface area contributed by atoms with Crippen molar-refractivity contribution in [2.75, 3.05) is 23.3 Å². The number of nitrogens with zero attached hydrogens (tertiary/aromatic N) is 2. The van der Waals surface area contributed by atoms with Crippen molar-refractivity contribution in [2.24, 2.45) is 0 Å². The lowest BCUT2D eigenvalue weighted by Gasteiger charge is -2.36. The van der Waals surface area contributed by atoms with E-state index in [0.29, 0.717) is 31.0 Å². The Morgan fingerprint density at radius 3 is 2.31 bits per heavy atom. The second-order valence-electron chi connectivity index (χ2n) is 7.44. The zero-order chi connectivity index (χ0) is 22.7. The Labute approximate surface area is 183 Å². The second-order valence-corrected chi connectivity index (χ2v) is 7.44. The maximum absolute atomic E-state index is 13.9. The van der Waals surface area contributed by atoms with Crippen LogP contribution >= 0.6 is 0 Å². The van der Waals surface area contributed by atoms with E-state index in [1.54, 1.807) is 46.2 Å². The molecule has 3 amide bonds. The summed E-state index contributed by atoms with van der Waals surface area (Å²) in [5, 5.41) is 2.48. The Hall–Kier alpha value is -3.81. The minimum absolute atomic E-state index is 0.218. The van der Waals surface area contributed by atoms with Gasteiger partial charge in [-0.25, -0.2) is 18.0 Å². The summed E-state index contributed by atoms with van der Waals surface area (Å²) >= 11 is 0. The lowest BCUT2D eigenvalue weighted by molar-refractivity contribution is 0.101. The largest absolute Gasteiger partial charge is 0.324 e. The molecule has 0 radical (unpaired) electrons. The Morgan fingerprint density at radius 2 is 1.59 bits per heavy atom. The molecule has 0 saturated carbocycles.